The molecule has 122 valence electrons. The predicted molar refractivity (Wildman–Crippen MR) is 104 cm³/mol. The topological polar surface area (TPSA) is 20.3 Å². The van der Waals surface area contributed by atoms with Gasteiger partial charge in [0.15, 0.2) is 0 Å². The fourth-order valence-corrected chi connectivity index (χ4v) is 3.82. The van der Waals surface area contributed by atoms with Crippen LogP contribution >= 0.6 is 23.4 Å². The summed E-state index contributed by atoms with van der Waals surface area (Å²) in [6.07, 6.45) is 0. The maximum Gasteiger partial charge on any atom is 0.237 e. The van der Waals surface area contributed by atoms with Gasteiger partial charge in [0.1, 0.15) is 0 Å². The number of fused-ring (bicyclic) bond motifs is 1. The van der Waals surface area contributed by atoms with Crippen LogP contribution < -0.4 is 4.90 Å². The molecular weight excluding hydrogens is 338 g/mol. The molecule has 0 aliphatic carbocycles. The molecule has 3 rings (SSSR count). The fraction of sp³-hybridized carbons (Fsp3) is 0.150. The van der Waals surface area contributed by atoms with Crippen molar-refractivity contribution < 1.29 is 4.79 Å². The standard InChI is InChI=1S/C20H18ClNOS/c1-2-22(18-12-7-9-15-8-3-4-10-16(15)18)20(23)14-24-19-13-6-5-11-17(19)21/h3-13H,2,14H2,1H3. The van der Waals surface area contributed by atoms with E-state index in [4.69, 9.17) is 11.6 Å². The first kappa shape index (κ1) is 16.9. The molecular formula is C20H18ClNOS. The summed E-state index contributed by atoms with van der Waals surface area (Å²) >= 11 is 7.65. The Bertz CT molecular complexity index is 860. The number of carbonyl (C=O) groups excluding carboxylic acids is 1. The van der Waals surface area contributed by atoms with Crippen LogP contribution in [0.3, 0.4) is 0 Å². The van der Waals surface area contributed by atoms with Gasteiger partial charge < -0.3 is 4.90 Å². The number of anilines is 1. The third-order valence-corrected chi connectivity index (χ3v) is 5.36. The first-order valence-electron chi connectivity index (χ1n) is 7.86. The fourth-order valence-electron chi connectivity index (χ4n) is 2.70. The Morgan fingerprint density at radius 3 is 2.50 bits per heavy atom. The van der Waals surface area contributed by atoms with E-state index in [-0.39, 0.29) is 5.91 Å². The maximum atomic E-state index is 12.8. The molecule has 0 heterocycles. The van der Waals surface area contributed by atoms with E-state index in [1.165, 1.54) is 11.8 Å². The summed E-state index contributed by atoms with van der Waals surface area (Å²) in [4.78, 5) is 15.5. The smallest absolute Gasteiger partial charge is 0.237 e. The highest BCUT2D eigenvalue weighted by Crippen LogP contribution is 2.30. The minimum atomic E-state index is 0.0822. The molecule has 0 spiro atoms. The summed E-state index contributed by atoms with van der Waals surface area (Å²) in [5.41, 5.74) is 0.959. The number of amides is 1. The molecule has 4 heteroatoms. The number of rotatable bonds is 5. The van der Waals surface area contributed by atoms with E-state index in [2.05, 4.69) is 18.2 Å². The van der Waals surface area contributed by atoms with Crippen LogP contribution in [0.5, 0.6) is 0 Å². The van der Waals surface area contributed by atoms with Crippen LogP contribution in [0.1, 0.15) is 6.92 Å². The SMILES string of the molecule is CCN(C(=O)CSc1ccccc1Cl)c1cccc2ccccc12. The Morgan fingerprint density at radius 2 is 1.71 bits per heavy atom. The summed E-state index contributed by atoms with van der Waals surface area (Å²) in [7, 11) is 0. The second-order valence-corrected chi connectivity index (χ2v) is 6.78. The zero-order chi connectivity index (χ0) is 16.9. The Hall–Kier alpha value is -1.97. The number of thioether (sulfide) groups is 1. The molecule has 0 saturated carbocycles. The van der Waals surface area contributed by atoms with E-state index in [1.54, 1.807) is 0 Å². The molecule has 0 radical (unpaired) electrons. The van der Waals surface area contributed by atoms with Gasteiger partial charge in [0.05, 0.1) is 16.5 Å². The molecule has 0 aliphatic rings. The monoisotopic (exact) mass is 355 g/mol. The van der Waals surface area contributed by atoms with Crippen molar-refractivity contribution in [2.75, 3.05) is 17.2 Å². The molecule has 0 unspecified atom stereocenters. The molecule has 0 aromatic heterocycles. The second-order valence-electron chi connectivity index (χ2n) is 5.36. The molecule has 0 N–H and O–H groups in total. The van der Waals surface area contributed by atoms with Crippen molar-refractivity contribution in [3.8, 4) is 0 Å². The number of hydrogen-bond donors (Lipinski definition) is 0. The van der Waals surface area contributed by atoms with Crippen molar-refractivity contribution in [2.45, 2.75) is 11.8 Å². The van der Waals surface area contributed by atoms with E-state index < -0.39 is 0 Å². The van der Waals surface area contributed by atoms with Gasteiger partial charge in [-0.1, -0.05) is 60.1 Å². The number of carbonyl (C=O) groups is 1. The molecule has 24 heavy (non-hydrogen) atoms. The van der Waals surface area contributed by atoms with Gasteiger partial charge in [0.2, 0.25) is 5.91 Å². The lowest BCUT2D eigenvalue weighted by molar-refractivity contribution is -0.116. The Morgan fingerprint density at radius 1 is 1.00 bits per heavy atom. The van der Waals surface area contributed by atoms with Gasteiger partial charge in [-0.3, -0.25) is 4.79 Å². The van der Waals surface area contributed by atoms with Crippen molar-refractivity contribution >= 4 is 45.7 Å². The normalized spacial score (nSPS) is 10.8. The van der Waals surface area contributed by atoms with Gasteiger partial charge in [0.25, 0.3) is 0 Å². The Kier molecular flexibility index (Phi) is 5.44. The summed E-state index contributed by atoms with van der Waals surface area (Å²) in [5, 5.41) is 2.92. The Balaban J connectivity index is 1.83. The summed E-state index contributed by atoms with van der Waals surface area (Å²) in [6, 6.07) is 21.8. The molecule has 0 fully saturated rings. The van der Waals surface area contributed by atoms with Gasteiger partial charge >= 0.3 is 0 Å². The lowest BCUT2D eigenvalue weighted by Gasteiger charge is -2.22. The zero-order valence-corrected chi connectivity index (χ0v) is 15.0. The van der Waals surface area contributed by atoms with Crippen molar-refractivity contribution in [3.05, 3.63) is 71.8 Å². The van der Waals surface area contributed by atoms with Crippen LogP contribution in [0.2, 0.25) is 5.02 Å². The van der Waals surface area contributed by atoms with E-state index in [0.717, 1.165) is 21.4 Å². The van der Waals surface area contributed by atoms with Gasteiger partial charge in [-0.2, -0.15) is 0 Å². The lowest BCUT2D eigenvalue weighted by Crippen LogP contribution is -2.32. The van der Waals surface area contributed by atoms with E-state index >= 15 is 0 Å². The van der Waals surface area contributed by atoms with Crippen molar-refractivity contribution in [1.29, 1.82) is 0 Å². The third kappa shape index (κ3) is 3.58. The quantitative estimate of drug-likeness (QED) is 0.552. The van der Waals surface area contributed by atoms with E-state index in [9.17, 15) is 4.79 Å². The van der Waals surface area contributed by atoms with Crippen molar-refractivity contribution in [3.63, 3.8) is 0 Å². The average molecular weight is 356 g/mol. The number of benzene rings is 3. The second kappa shape index (κ2) is 7.73. The third-order valence-electron chi connectivity index (χ3n) is 3.86. The first-order valence-corrected chi connectivity index (χ1v) is 9.22. The highest BCUT2D eigenvalue weighted by Gasteiger charge is 2.16. The van der Waals surface area contributed by atoms with Crippen molar-refractivity contribution in [1.82, 2.24) is 0 Å². The van der Waals surface area contributed by atoms with Gasteiger partial charge in [-0.25, -0.2) is 0 Å². The largest absolute Gasteiger partial charge is 0.311 e. The maximum absolute atomic E-state index is 12.8. The minimum absolute atomic E-state index is 0.0822. The van der Waals surface area contributed by atoms with Crippen LogP contribution in [-0.4, -0.2) is 18.2 Å². The molecule has 2 nitrogen and oxygen atoms in total. The van der Waals surface area contributed by atoms with Gasteiger partial charge in [0, 0.05) is 16.8 Å². The predicted octanol–water partition coefficient (Wildman–Crippen LogP) is 5.64. The Labute approximate surface area is 151 Å². The van der Waals surface area contributed by atoms with E-state index in [1.807, 2.05) is 60.4 Å². The molecule has 0 aliphatic heterocycles. The molecule has 0 saturated heterocycles. The molecule has 3 aromatic carbocycles. The molecule has 0 bridgehead atoms. The summed E-state index contributed by atoms with van der Waals surface area (Å²) in [5.74, 6) is 0.444. The van der Waals surface area contributed by atoms with Gasteiger partial charge in [-0.15, -0.1) is 11.8 Å². The average Bonchev–Trinajstić information content (AvgIpc) is 2.62. The molecule has 3 aromatic rings. The lowest BCUT2D eigenvalue weighted by atomic mass is 10.1. The van der Waals surface area contributed by atoms with Crippen LogP contribution in [-0.2, 0) is 4.79 Å². The number of nitrogens with zero attached hydrogens (tertiary/aromatic N) is 1. The van der Waals surface area contributed by atoms with Crippen LogP contribution in [0, 0.1) is 0 Å². The zero-order valence-electron chi connectivity index (χ0n) is 13.4. The van der Waals surface area contributed by atoms with E-state index in [0.29, 0.717) is 17.3 Å². The van der Waals surface area contributed by atoms with Gasteiger partial charge in [-0.05, 0) is 30.5 Å². The minimum Gasteiger partial charge on any atom is -0.311 e. The molecule has 0 atom stereocenters. The van der Waals surface area contributed by atoms with Crippen LogP contribution in [0.25, 0.3) is 10.8 Å². The highest BCUT2D eigenvalue weighted by molar-refractivity contribution is 8.00. The number of hydrogen-bond acceptors (Lipinski definition) is 2. The summed E-state index contributed by atoms with van der Waals surface area (Å²) < 4.78 is 0. The molecule has 1 amide bonds. The number of halogens is 1. The first-order chi connectivity index (χ1) is 11.7. The van der Waals surface area contributed by atoms with Crippen molar-refractivity contribution in [2.24, 2.45) is 0 Å². The van der Waals surface area contributed by atoms with Crippen LogP contribution in [0.15, 0.2) is 71.6 Å². The summed E-state index contributed by atoms with van der Waals surface area (Å²) in [6.45, 7) is 2.63. The van der Waals surface area contributed by atoms with Crippen LogP contribution in [0.4, 0.5) is 5.69 Å². The highest BCUT2D eigenvalue weighted by atomic mass is 35.5.